The lowest BCUT2D eigenvalue weighted by Crippen LogP contribution is -2.17. The van der Waals surface area contributed by atoms with E-state index in [0.717, 1.165) is 0 Å². The molecule has 0 radical (unpaired) electrons. The Morgan fingerprint density at radius 3 is 2.38 bits per heavy atom. The van der Waals surface area contributed by atoms with Crippen LogP contribution in [0.25, 0.3) is 0 Å². The molecule has 13 heavy (non-hydrogen) atoms. The smallest absolute Gasteiger partial charge is 0.265 e. The zero-order chi connectivity index (χ0) is 10.0. The second kappa shape index (κ2) is 3.74. The Bertz CT molecular complexity index is 269. The van der Waals surface area contributed by atoms with Crippen molar-refractivity contribution in [3.8, 4) is 0 Å². The maximum Gasteiger partial charge on any atom is 0.265 e. The van der Waals surface area contributed by atoms with Crippen molar-refractivity contribution >= 4 is 5.95 Å². The average Bonchev–Trinajstić information content (AvgIpc) is 2.50. The SMILES string of the molecule is CC(C)C(N)c1nc(N(C)C)no1. The van der Waals surface area contributed by atoms with E-state index in [1.165, 1.54) is 0 Å². The van der Waals surface area contributed by atoms with E-state index in [1.54, 1.807) is 4.90 Å². The summed E-state index contributed by atoms with van der Waals surface area (Å²) in [4.78, 5) is 5.93. The molecule has 1 atom stereocenters. The first-order valence-electron chi connectivity index (χ1n) is 4.29. The molecule has 0 bridgehead atoms. The monoisotopic (exact) mass is 184 g/mol. The van der Waals surface area contributed by atoms with Crippen LogP contribution in [0.15, 0.2) is 4.52 Å². The predicted octanol–water partition coefficient (Wildman–Crippen LogP) is 0.791. The van der Waals surface area contributed by atoms with Gasteiger partial charge >= 0.3 is 0 Å². The van der Waals surface area contributed by atoms with Crippen molar-refractivity contribution in [1.82, 2.24) is 10.1 Å². The largest absolute Gasteiger partial charge is 0.344 e. The van der Waals surface area contributed by atoms with Crippen molar-refractivity contribution in [3.05, 3.63) is 5.89 Å². The number of hydrogen-bond donors (Lipinski definition) is 1. The molecule has 1 aromatic rings. The topological polar surface area (TPSA) is 68.2 Å². The summed E-state index contributed by atoms with van der Waals surface area (Å²) in [6.07, 6.45) is 0. The molecule has 1 aromatic heterocycles. The van der Waals surface area contributed by atoms with E-state index < -0.39 is 0 Å². The molecule has 0 saturated heterocycles. The molecule has 5 nitrogen and oxygen atoms in total. The van der Waals surface area contributed by atoms with Crippen LogP contribution in [-0.2, 0) is 0 Å². The zero-order valence-corrected chi connectivity index (χ0v) is 8.48. The number of anilines is 1. The van der Waals surface area contributed by atoms with Crippen molar-refractivity contribution < 1.29 is 4.52 Å². The van der Waals surface area contributed by atoms with E-state index in [0.29, 0.717) is 17.8 Å². The molecule has 0 spiro atoms. The highest BCUT2D eigenvalue weighted by molar-refractivity contribution is 5.24. The highest BCUT2D eigenvalue weighted by Crippen LogP contribution is 2.18. The molecule has 0 aromatic carbocycles. The van der Waals surface area contributed by atoms with Crippen molar-refractivity contribution in [2.45, 2.75) is 19.9 Å². The minimum absolute atomic E-state index is 0.179. The van der Waals surface area contributed by atoms with Crippen LogP contribution >= 0.6 is 0 Å². The summed E-state index contributed by atoms with van der Waals surface area (Å²) in [7, 11) is 3.71. The fraction of sp³-hybridized carbons (Fsp3) is 0.750. The van der Waals surface area contributed by atoms with Gasteiger partial charge in [-0.25, -0.2) is 0 Å². The molecular formula is C8H16N4O. The van der Waals surface area contributed by atoms with Gasteiger partial charge in [0.2, 0.25) is 5.89 Å². The first-order valence-corrected chi connectivity index (χ1v) is 4.29. The van der Waals surface area contributed by atoms with Crippen LogP contribution < -0.4 is 10.6 Å². The lowest BCUT2D eigenvalue weighted by Gasteiger charge is -2.09. The van der Waals surface area contributed by atoms with Gasteiger partial charge in [-0.1, -0.05) is 13.8 Å². The van der Waals surface area contributed by atoms with Crippen LogP contribution in [0.2, 0.25) is 0 Å². The highest BCUT2D eigenvalue weighted by atomic mass is 16.5. The molecule has 0 fully saturated rings. The van der Waals surface area contributed by atoms with Gasteiger partial charge in [0.25, 0.3) is 5.95 Å². The standard InChI is InChI=1S/C8H16N4O/c1-5(2)6(9)7-10-8(11-13-7)12(3)4/h5-6H,9H2,1-4H3. The molecular weight excluding hydrogens is 168 g/mol. The summed E-state index contributed by atoms with van der Waals surface area (Å²) in [5.41, 5.74) is 5.84. The maximum absolute atomic E-state index is 5.84. The summed E-state index contributed by atoms with van der Waals surface area (Å²) in [6.45, 7) is 4.04. The van der Waals surface area contributed by atoms with Crippen LogP contribution in [-0.4, -0.2) is 24.2 Å². The Balaban J connectivity index is 2.79. The van der Waals surface area contributed by atoms with Gasteiger partial charge in [-0.3, -0.25) is 0 Å². The van der Waals surface area contributed by atoms with E-state index >= 15 is 0 Å². The molecule has 1 heterocycles. The molecule has 0 saturated carbocycles. The third-order valence-electron chi connectivity index (χ3n) is 1.83. The number of rotatable bonds is 3. The molecule has 1 rings (SSSR count). The lowest BCUT2D eigenvalue weighted by molar-refractivity contribution is 0.324. The minimum atomic E-state index is -0.179. The first kappa shape index (κ1) is 9.98. The van der Waals surface area contributed by atoms with E-state index in [2.05, 4.69) is 10.1 Å². The van der Waals surface area contributed by atoms with Crippen LogP contribution in [0.5, 0.6) is 0 Å². The Hall–Kier alpha value is -1.10. The molecule has 0 aliphatic heterocycles. The summed E-state index contributed by atoms with van der Waals surface area (Å²) in [5, 5.41) is 3.78. The molecule has 0 aliphatic carbocycles. The predicted molar refractivity (Wildman–Crippen MR) is 50.4 cm³/mol. The summed E-state index contributed by atoms with van der Waals surface area (Å²) >= 11 is 0. The summed E-state index contributed by atoms with van der Waals surface area (Å²) < 4.78 is 5.02. The number of hydrogen-bond acceptors (Lipinski definition) is 5. The molecule has 1 unspecified atom stereocenters. The fourth-order valence-electron chi connectivity index (χ4n) is 0.829. The Morgan fingerprint density at radius 1 is 1.38 bits per heavy atom. The third kappa shape index (κ3) is 2.18. The normalized spacial score (nSPS) is 13.4. The average molecular weight is 184 g/mol. The van der Waals surface area contributed by atoms with E-state index in [1.807, 2.05) is 27.9 Å². The van der Waals surface area contributed by atoms with E-state index in [9.17, 15) is 0 Å². The van der Waals surface area contributed by atoms with Gasteiger partial charge in [0.15, 0.2) is 0 Å². The number of nitrogens with two attached hydrogens (primary N) is 1. The highest BCUT2D eigenvalue weighted by Gasteiger charge is 2.18. The quantitative estimate of drug-likeness (QED) is 0.752. The lowest BCUT2D eigenvalue weighted by atomic mass is 10.1. The van der Waals surface area contributed by atoms with Crippen LogP contribution in [0.4, 0.5) is 5.95 Å². The summed E-state index contributed by atoms with van der Waals surface area (Å²) in [6, 6.07) is -0.179. The molecule has 2 N–H and O–H groups in total. The van der Waals surface area contributed by atoms with Gasteiger partial charge in [-0.15, -0.1) is 0 Å². The van der Waals surface area contributed by atoms with Gasteiger partial charge in [0.05, 0.1) is 6.04 Å². The van der Waals surface area contributed by atoms with Gasteiger partial charge < -0.3 is 15.2 Å². The van der Waals surface area contributed by atoms with Crippen LogP contribution in [0.3, 0.4) is 0 Å². The van der Waals surface area contributed by atoms with Gasteiger partial charge in [0, 0.05) is 14.1 Å². The first-order chi connectivity index (χ1) is 6.02. The Morgan fingerprint density at radius 2 is 2.00 bits per heavy atom. The zero-order valence-electron chi connectivity index (χ0n) is 8.48. The molecule has 0 amide bonds. The second-order valence-corrected chi connectivity index (χ2v) is 3.60. The van der Waals surface area contributed by atoms with Gasteiger partial charge in [-0.05, 0) is 11.1 Å². The maximum atomic E-state index is 5.84. The Labute approximate surface area is 77.9 Å². The molecule has 74 valence electrons. The molecule has 5 heteroatoms. The third-order valence-corrected chi connectivity index (χ3v) is 1.83. The van der Waals surface area contributed by atoms with Crippen LogP contribution in [0, 0.1) is 5.92 Å². The fourth-order valence-corrected chi connectivity index (χ4v) is 0.829. The molecule has 0 aliphatic rings. The van der Waals surface area contributed by atoms with Gasteiger partial charge in [-0.2, -0.15) is 4.98 Å². The van der Waals surface area contributed by atoms with E-state index in [-0.39, 0.29) is 6.04 Å². The minimum Gasteiger partial charge on any atom is -0.344 e. The number of nitrogens with zero attached hydrogens (tertiary/aromatic N) is 3. The van der Waals surface area contributed by atoms with E-state index in [4.69, 9.17) is 10.3 Å². The van der Waals surface area contributed by atoms with Crippen molar-refractivity contribution in [1.29, 1.82) is 0 Å². The Kier molecular flexibility index (Phi) is 2.87. The van der Waals surface area contributed by atoms with Crippen molar-refractivity contribution in [2.75, 3.05) is 19.0 Å². The van der Waals surface area contributed by atoms with Crippen molar-refractivity contribution in [2.24, 2.45) is 11.7 Å². The summed E-state index contributed by atoms with van der Waals surface area (Å²) in [5.74, 6) is 1.36. The van der Waals surface area contributed by atoms with Gasteiger partial charge in [0.1, 0.15) is 0 Å². The number of aromatic nitrogens is 2. The van der Waals surface area contributed by atoms with Crippen molar-refractivity contribution in [3.63, 3.8) is 0 Å². The second-order valence-electron chi connectivity index (χ2n) is 3.60. The van der Waals surface area contributed by atoms with Crippen LogP contribution in [0.1, 0.15) is 25.8 Å².